The Balaban J connectivity index is 2.28. The normalized spacial score (nSPS) is 15.0. The van der Waals surface area contributed by atoms with E-state index in [0.717, 1.165) is 23.3 Å². The monoisotopic (exact) mass is 236 g/mol. The van der Waals surface area contributed by atoms with Gasteiger partial charge in [-0.15, -0.1) is 0 Å². The number of aliphatic hydroxyl groups excluding tert-OH is 1. The molecule has 1 aromatic carbocycles. The highest BCUT2D eigenvalue weighted by molar-refractivity contribution is 5.76. The lowest BCUT2D eigenvalue weighted by Crippen LogP contribution is -2.15. The molecule has 1 atom stereocenters. The van der Waals surface area contributed by atoms with Crippen molar-refractivity contribution in [2.75, 3.05) is 13.2 Å². The molecule has 0 saturated carbocycles. The lowest BCUT2D eigenvalue weighted by molar-refractivity contribution is -0.153. The van der Waals surface area contributed by atoms with Crippen LogP contribution in [0.15, 0.2) is 12.1 Å². The van der Waals surface area contributed by atoms with Crippen LogP contribution in [-0.4, -0.2) is 24.3 Å². The van der Waals surface area contributed by atoms with E-state index in [1.54, 1.807) is 13.0 Å². The maximum Gasteiger partial charge on any atom is 0.339 e. The second-order valence-corrected chi connectivity index (χ2v) is 4.08. The highest BCUT2D eigenvalue weighted by Crippen LogP contribution is 2.32. The van der Waals surface area contributed by atoms with Crippen molar-refractivity contribution in [3.63, 3.8) is 0 Å². The van der Waals surface area contributed by atoms with Gasteiger partial charge in [-0.05, 0) is 42.7 Å². The van der Waals surface area contributed by atoms with Crippen molar-refractivity contribution in [2.24, 2.45) is 0 Å². The molecule has 92 valence electrons. The quantitative estimate of drug-likeness (QED) is 0.808. The molecule has 17 heavy (non-hydrogen) atoms. The molecule has 4 heteroatoms. The van der Waals surface area contributed by atoms with Crippen LogP contribution >= 0.6 is 0 Å². The van der Waals surface area contributed by atoms with Crippen LogP contribution in [0.1, 0.15) is 29.7 Å². The average molecular weight is 236 g/mol. The number of aliphatic hydroxyl groups is 1. The molecule has 1 N–H and O–H groups in total. The number of carbonyl (C=O) groups is 1. The van der Waals surface area contributed by atoms with Gasteiger partial charge in [-0.3, -0.25) is 0 Å². The lowest BCUT2D eigenvalue weighted by atomic mass is 10.0. The topological polar surface area (TPSA) is 55.8 Å². The summed E-state index contributed by atoms with van der Waals surface area (Å²) in [6, 6.07) is 3.59. The first-order valence-corrected chi connectivity index (χ1v) is 5.74. The molecule has 0 radical (unpaired) electrons. The standard InChI is InChI=1S/C13H16O4/c1-3-16-13(15)11(14)10-6-8(2)12-9(7-10)4-5-17-12/h6-7,11,14H,3-5H2,1-2H3. The van der Waals surface area contributed by atoms with Crippen LogP contribution in [0.3, 0.4) is 0 Å². The summed E-state index contributed by atoms with van der Waals surface area (Å²) in [5.41, 5.74) is 2.56. The SMILES string of the molecule is CCOC(=O)C(O)c1cc(C)c2c(c1)CCO2. The summed E-state index contributed by atoms with van der Waals surface area (Å²) in [7, 11) is 0. The minimum absolute atomic E-state index is 0.267. The fourth-order valence-electron chi connectivity index (χ4n) is 2.05. The van der Waals surface area contributed by atoms with E-state index in [2.05, 4.69) is 0 Å². The third-order valence-electron chi connectivity index (χ3n) is 2.82. The summed E-state index contributed by atoms with van der Waals surface area (Å²) < 4.78 is 10.3. The van der Waals surface area contributed by atoms with Gasteiger partial charge in [0.15, 0.2) is 6.10 Å². The van der Waals surface area contributed by atoms with Gasteiger partial charge in [0.2, 0.25) is 0 Å². The lowest BCUT2D eigenvalue weighted by Gasteiger charge is -2.12. The van der Waals surface area contributed by atoms with Gasteiger partial charge < -0.3 is 14.6 Å². The third kappa shape index (κ3) is 2.26. The molecule has 1 aliphatic rings. The van der Waals surface area contributed by atoms with Crippen molar-refractivity contribution in [1.29, 1.82) is 0 Å². The molecule has 1 unspecified atom stereocenters. The predicted octanol–water partition coefficient (Wildman–Crippen LogP) is 1.53. The molecule has 0 aromatic heterocycles. The van der Waals surface area contributed by atoms with Crippen molar-refractivity contribution in [3.05, 3.63) is 28.8 Å². The van der Waals surface area contributed by atoms with Gasteiger partial charge in [0.05, 0.1) is 13.2 Å². The van der Waals surface area contributed by atoms with Crippen molar-refractivity contribution < 1.29 is 19.4 Å². The van der Waals surface area contributed by atoms with Crippen molar-refractivity contribution in [2.45, 2.75) is 26.4 Å². The van der Waals surface area contributed by atoms with Crippen LogP contribution in [0.5, 0.6) is 5.75 Å². The molecule has 1 aromatic rings. The first kappa shape index (κ1) is 11.9. The second kappa shape index (κ2) is 4.75. The maximum absolute atomic E-state index is 11.5. The molecule has 0 amide bonds. The molecule has 2 rings (SSSR count). The largest absolute Gasteiger partial charge is 0.493 e. The Morgan fingerprint density at radius 3 is 3.06 bits per heavy atom. The minimum atomic E-state index is -1.21. The third-order valence-corrected chi connectivity index (χ3v) is 2.82. The Bertz CT molecular complexity index is 439. The van der Waals surface area contributed by atoms with Crippen LogP contribution in [-0.2, 0) is 16.0 Å². The number of aryl methyl sites for hydroxylation is 1. The van der Waals surface area contributed by atoms with Gasteiger partial charge in [-0.25, -0.2) is 4.79 Å². The van der Waals surface area contributed by atoms with Gasteiger partial charge in [-0.2, -0.15) is 0 Å². The fraction of sp³-hybridized carbons (Fsp3) is 0.462. The Morgan fingerprint density at radius 2 is 2.35 bits per heavy atom. The Hall–Kier alpha value is -1.55. The molecule has 0 fully saturated rings. The molecule has 1 heterocycles. The van der Waals surface area contributed by atoms with Crippen LogP contribution in [0.2, 0.25) is 0 Å². The Kier molecular flexibility index (Phi) is 3.33. The van der Waals surface area contributed by atoms with Gasteiger partial charge in [0.25, 0.3) is 0 Å². The van der Waals surface area contributed by atoms with E-state index in [1.165, 1.54) is 0 Å². The van der Waals surface area contributed by atoms with E-state index >= 15 is 0 Å². The van der Waals surface area contributed by atoms with E-state index in [-0.39, 0.29) is 6.61 Å². The van der Waals surface area contributed by atoms with Crippen LogP contribution < -0.4 is 4.74 Å². The number of carbonyl (C=O) groups excluding carboxylic acids is 1. The van der Waals surface area contributed by atoms with E-state index in [1.807, 2.05) is 13.0 Å². The zero-order valence-corrected chi connectivity index (χ0v) is 10.0. The zero-order chi connectivity index (χ0) is 12.4. The zero-order valence-electron chi connectivity index (χ0n) is 10.0. The molecule has 4 nitrogen and oxygen atoms in total. The smallest absolute Gasteiger partial charge is 0.339 e. The van der Waals surface area contributed by atoms with Gasteiger partial charge >= 0.3 is 5.97 Å². The van der Waals surface area contributed by atoms with Crippen molar-refractivity contribution in [3.8, 4) is 5.75 Å². The molecule has 0 bridgehead atoms. The van der Waals surface area contributed by atoms with Crippen LogP contribution in [0.25, 0.3) is 0 Å². The van der Waals surface area contributed by atoms with E-state index in [9.17, 15) is 9.90 Å². The first-order chi connectivity index (χ1) is 8.13. The summed E-state index contributed by atoms with van der Waals surface area (Å²) in [4.78, 5) is 11.5. The molecule has 0 aliphatic carbocycles. The summed E-state index contributed by atoms with van der Waals surface area (Å²) in [5.74, 6) is 0.274. The summed E-state index contributed by atoms with van der Waals surface area (Å²) in [6.07, 6.45) is -0.390. The minimum Gasteiger partial charge on any atom is -0.493 e. The van der Waals surface area contributed by atoms with Gasteiger partial charge in [-0.1, -0.05) is 0 Å². The maximum atomic E-state index is 11.5. The highest BCUT2D eigenvalue weighted by Gasteiger charge is 2.23. The number of fused-ring (bicyclic) bond motifs is 1. The first-order valence-electron chi connectivity index (χ1n) is 5.74. The fourth-order valence-corrected chi connectivity index (χ4v) is 2.05. The van der Waals surface area contributed by atoms with E-state index < -0.39 is 12.1 Å². The number of benzene rings is 1. The molecule has 1 aliphatic heterocycles. The van der Waals surface area contributed by atoms with Crippen molar-refractivity contribution in [1.82, 2.24) is 0 Å². The Morgan fingerprint density at radius 1 is 1.59 bits per heavy atom. The highest BCUT2D eigenvalue weighted by atomic mass is 16.5. The summed E-state index contributed by atoms with van der Waals surface area (Å²) >= 11 is 0. The van der Waals surface area contributed by atoms with Gasteiger partial charge in [0, 0.05) is 6.42 Å². The summed E-state index contributed by atoms with van der Waals surface area (Å²) in [5, 5.41) is 9.86. The van der Waals surface area contributed by atoms with E-state index in [0.29, 0.717) is 12.2 Å². The number of esters is 1. The van der Waals surface area contributed by atoms with Crippen molar-refractivity contribution >= 4 is 5.97 Å². The molecular weight excluding hydrogens is 220 g/mol. The molecule has 0 saturated heterocycles. The number of hydrogen-bond acceptors (Lipinski definition) is 4. The van der Waals surface area contributed by atoms with Crippen LogP contribution in [0.4, 0.5) is 0 Å². The van der Waals surface area contributed by atoms with Gasteiger partial charge in [0.1, 0.15) is 5.75 Å². The molecular formula is C13H16O4. The number of ether oxygens (including phenoxy) is 2. The van der Waals surface area contributed by atoms with E-state index in [4.69, 9.17) is 9.47 Å². The second-order valence-electron chi connectivity index (χ2n) is 4.08. The number of hydrogen-bond donors (Lipinski definition) is 1. The number of rotatable bonds is 3. The summed E-state index contributed by atoms with van der Waals surface area (Å²) in [6.45, 7) is 4.55. The predicted molar refractivity (Wildman–Crippen MR) is 62.0 cm³/mol. The Labute approximate surface area is 100 Å². The average Bonchev–Trinajstić information content (AvgIpc) is 2.77. The molecule has 0 spiro atoms. The van der Waals surface area contributed by atoms with Crippen LogP contribution in [0, 0.1) is 6.92 Å².